The molecule has 3 nitrogen and oxygen atoms in total. The summed E-state index contributed by atoms with van der Waals surface area (Å²) >= 11 is 3.45. The van der Waals surface area contributed by atoms with Crippen LogP contribution in [0.2, 0.25) is 0 Å². The second-order valence-electron chi connectivity index (χ2n) is 4.24. The number of rotatable bonds is 7. The van der Waals surface area contributed by atoms with Gasteiger partial charge >= 0.3 is 0 Å². The molecule has 0 saturated heterocycles. The summed E-state index contributed by atoms with van der Waals surface area (Å²) in [6.45, 7) is 6.64. The number of benzene rings is 1. The molecule has 0 fully saturated rings. The van der Waals surface area contributed by atoms with E-state index in [9.17, 15) is 0 Å². The molecule has 0 aliphatic carbocycles. The van der Waals surface area contributed by atoms with Gasteiger partial charge in [-0.1, -0.05) is 13.8 Å². The molecule has 0 heterocycles. The Morgan fingerprint density at radius 1 is 1.35 bits per heavy atom. The number of ether oxygens (including phenoxy) is 2. The van der Waals surface area contributed by atoms with Crippen molar-refractivity contribution < 1.29 is 9.47 Å². The molecule has 0 aliphatic heterocycles. The van der Waals surface area contributed by atoms with Gasteiger partial charge in [0.2, 0.25) is 0 Å². The number of halogens is 1. The summed E-state index contributed by atoms with van der Waals surface area (Å²) < 4.78 is 11.6. The summed E-state index contributed by atoms with van der Waals surface area (Å²) in [6, 6.07) is 5.93. The molecule has 1 aromatic carbocycles. The Morgan fingerprint density at radius 3 is 2.71 bits per heavy atom. The third kappa shape index (κ3) is 5.41. The number of methoxy groups -OCH3 is 1. The fourth-order valence-corrected chi connectivity index (χ4v) is 1.90. The molecule has 0 radical (unpaired) electrons. The molecule has 0 unspecified atom stereocenters. The van der Waals surface area contributed by atoms with Crippen LogP contribution in [0.5, 0.6) is 5.75 Å². The topological polar surface area (TPSA) is 30.5 Å². The third-order valence-corrected chi connectivity index (χ3v) is 2.80. The quantitative estimate of drug-likeness (QED) is 0.781. The molecule has 1 rings (SSSR count). The van der Waals surface area contributed by atoms with Crippen molar-refractivity contribution >= 4 is 21.6 Å². The van der Waals surface area contributed by atoms with Gasteiger partial charge in [0.05, 0.1) is 18.2 Å². The van der Waals surface area contributed by atoms with Gasteiger partial charge in [0.25, 0.3) is 0 Å². The van der Waals surface area contributed by atoms with Crippen LogP contribution in [0.4, 0.5) is 5.69 Å². The van der Waals surface area contributed by atoms with Crippen molar-refractivity contribution in [3.05, 3.63) is 22.7 Å². The van der Waals surface area contributed by atoms with Gasteiger partial charge in [-0.2, -0.15) is 0 Å². The average molecular weight is 302 g/mol. The van der Waals surface area contributed by atoms with Crippen molar-refractivity contribution in [2.45, 2.75) is 13.8 Å². The summed E-state index contributed by atoms with van der Waals surface area (Å²) in [6.07, 6.45) is 0. The minimum absolute atomic E-state index is 0.588. The monoisotopic (exact) mass is 301 g/mol. The molecule has 0 saturated carbocycles. The van der Waals surface area contributed by atoms with Crippen LogP contribution in [0.3, 0.4) is 0 Å². The molecule has 17 heavy (non-hydrogen) atoms. The molecule has 0 amide bonds. The maximum atomic E-state index is 5.49. The highest BCUT2D eigenvalue weighted by Crippen LogP contribution is 2.27. The summed E-state index contributed by atoms with van der Waals surface area (Å²) in [5.41, 5.74) is 1.06. The first-order valence-corrected chi connectivity index (χ1v) is 6.58. The van der Waals surface area contributed by atoms with Crippen molar-refractivity contribution in [1.29, 1.82) is 0 Å². The van der Waals surface area contributed by atoms with Crippen LogP contribution >= 0.6 is 15.9 Å². The van der Waals surface area contributed by atoms with Gasteiger partial charge in [-0.05, 0) is 40.0 Å². The summed E-state index contributed by atoms with van der Waals surface area (Å²) in [7, 11) is 1.66. The minimum atomic E-state index is 0.588. The molecule has 0 spiro atoms. The van der Waals surface area contributed by atoms with Crippen molar-refractivity contribution in [2.75, 3.05) is 32.2 Å². The van der Waals surface area contributed by atoms with Crippen molar-refractivity contribution in [2.24, 2.45) is 5.92 Å². The molecule has 1 N–H and O–H groups in total. The summed E-state index contributed by atoms with van der Waals surface area (Å²) in [5.74, 6) is 1.43. The third-order valence-electron chi connectivity index (χ3n) is 2.18. The fraction of sp³-hybridized carbons (Fsp3) is 0.538. The van der Waals surface area contributed by atoms with E-state index in [-0.39, 0.29) is 0 Å². The number of hydrogen-bond acceptors (Lipinski definition) is 3. The normalized spacial score (nSPS) is 10.6. The lowest BCUT2D eigenvalue weighted by molar-refractivity contribution is 0.118. The highest BCUT2D eigenvalue weighted by molar-refractivity contribution is 9.10. The fourth-order valence-electron chi connectivity index (χ4n) is 1.36. The van der Waals surface area contributed by atoms with Gasteiger partial charge in [0, 0.05) is 18.8 Å². The van der Waals surface area contributed by atoms with Crippen LogP contribution in [0.25, 0.3) is 0 Å². The Balaban J connectivity index is 2.30. The van der Waals surface area contributed by atoms with E-state index in [4.69, 9.17) is 9.47 Å². The molecule has 96 valence electrons. The van der Waals surface area contributed by atoms with E-state index in [1.807, 2.05) is 18.2 Å². The zero-order valence-corrected chi connectivity index (χ0v) is 12.2. The van der Waals surface area contributed by atoms with Gasteiger partial charge in [-0.3, -0.25) is 0 Å². The van der Waals surface area contributed by atoms with E-state index in [1.54, 1.807) is 7.11 Å². The Bertz CT molecular complexity index is 342. The van der Waals surface area contributed by atoms with E-state index >= 15 is 0 Å². The van der Waals surface area contributed by atoms with E-state index in [2.05, 4.69) is 35.1 Å². The Morgan fingerprint density at radius 2 is 2.12 bits per heavy atom. The molecule has 0 atom stereocenters. The van der Waals surface area contributed by atoms with Gasteiger partial charge in [-0.15, -0.1) is 0 Å². The standard InChI is InChI=1S/C13H20BrNO2/c1-10(2)9-17-7-6-15-11-4-5-13(16-3)12(14)8-11/h4-5,8,10,15H,6-7,9H2,1-3H3. The Labute approximate surface area is 112 Å². The maximum Gasteiger partial charge on any atom is 0.133 e. The average Bonchev–Trinajstić information content (AvgIpc) is 2.28. The van der Waals surface area contributed by atoms with Crippen LogP contribution in [0, 0.1) is 5.92 Å². The van der Waals surface area contributed by atoms with Crippen LogP contribution in [-0.4, -0.2) is 26.9 Å². The highest BCUT2D eigenvalue weighted by atomic mass is 79.9. The summed E-state index contributed by atoms with van der Waals surface area (Å²) in [4.78, 5) is 0. The lowest BCUT2D eigenvalue weighted by Gasteiger charge is -2.10. The Hall–Kier alpha value is -0.740. The van der Waals surface area contributed by atoms with Gasteiger partial charge in [-0.25, -0.2) is 0 Å². The predicted molar refractivity (Wildman–Crippen MR) is 74.8 cm³/mol. The lowest BCUT2D eigenvalue weighted by Crippen LogP contribution is -2.12. The van der Waals surface area contributed by atoms with Gasteiger partial charge < -0.3 is 14.8 Å². The van der Waals surface area contributed by atoms with Gasteiger partial charge in [0.15, 0.2) is 0 Å². The van der Waals surface area contributed by atoms with Crippen LogP contribution in [0.1, 0.15) is 13.8 Å². The second kappa shape index (κ2) is 7.56. The van der Waals surface area contributed by atoms with Gasteiger partial charge in [0.1, 0.15) is 5.75 Å². The van der Waals surface area contributed by atoms with Crippen molar-refractivity contribution in [3.8, 4) is 5.75 Å². The molecular weight excluding hydrogens is 282 g/mol. The predicted octanol–water partition coefficient (Wildman–Crippen LogP) is 3.54. The number of nitrogens with one attached hydrogen (secondary N) is 1. The molecule has 0 bridgehead atoms. The van der Waals surface area contributed by atoms with E-state index in [0.717, 1.165) is 35.7 Å². The molecule has 0 aliphatic rings. The Kier molecular flexibility index (Phi) is 6.37. The van der Waals surface area contributed by atoms with Crippen molar-refractivity contribution in [1.82, 2.24) is 0 Å². The largest absolute Gasteiger partial charge is 0.496 e. The lowest BCUT2D eigenvalue weighted by atomic mass is 10.2. The number of anilines is 1. The maximum absolute atomic E-state index is 5.49. The van der Waals surface area contributed by atoms with Crippen LogP contribution in [-0.2, 0) is 4.74 Å². The SMILES string of the molecule is COc1ccc(NCCOCC(C)C)cc1Br. The first kappa shape index (κ1) is 14.3. The molecular formula is C13H20BrNO2. The van der Waals surface area contributed by atoms with E-state index in [1.165, 1.54) is 0 Å². The zero-order chi connectivity index (χ0) is 12.7. The van der Waals surface area contributed by atoms with E-state index in [0.29, 0.717) is 5.92 Å². The first-order chi connectivity index (χ1) is 8.13. The summed E-state index contributed by atoms with van der Waals surface area (Å²) in [5, 5.41) is 3.30. The molecule has 1 aromatic rings. The van der Waals surface area contributed by atoms with Crippen molar-refractivity contribution in [3.63, 3.8) is 0 Å². The minimum Gasteiger partial charge on any atom is -0.496 e. The number of hydrogen-bond donors (Lipinski definition) is 1. The van der Waals surface area contributed by atoms with E-state index < -0.39 is 0 Å². The second-order valence-corrected chi connectivity index (χ2v) is 5.10. The van der Waals surface area contributed by atoms with Crippen LogP contribution < -0.4 is 10.1 Å². The zero-order valence-electron chi connectivity index (χ0n) is 10.6. The smallest absolute Gasteiger partial charge is 0.133 e. The highest BCUT2D eigenvalue weighted by Gasteiger charge is 2.00. The molecule has 0 aromatic heterocycles. The van der Waals surface area contributed by atoms with Crippen LogP contribution in [0.15, 0.2) is 22.7 Å². The first-order valence-electron chi connectivity index (χ1n) is 5.78. The molecule has 4 heteroatoms.